The molecule has 1 aromatic carbocycles. The molecule has 5 heteroatoms. The minimum absolute atomic E-state index is 0.0332. The number of amides is 2. The molecule has 0 spiro atoms. The topological polar surface area (TPSA) is 58.2 Å². The lowest BCUT2D eigenvalue weighted by Crippen LogP contribution is -2.29. The van der Waals surface area contributed by atoms with Gasteiger partial charge in [0.1, 0.15) is 0 Å². The number of carbonyl (C=O) groups is 2. The van der Waals surface area contributed by atoms with Gasteiger partial charge in [0.25, 0.3) is 11.8 Å². The van der Waals surface area contributed by atoms with Crippen molar-refractivity contribution in [3.8, 4) is 0 Å². The highest BCUT2D eigenvalue weighted by Gasteiger charge is 2.10. The fraction of sp³-hybridized carbons (Fsp3) is 0.429. The molecule has 1 atom stereocenters. The van der Waals surface area contributed by atoms with E-state index >= 15 is 0 Å². The summed E-state index contributed by atoms with van der Waals surface area (Å²) in [6.07, 6.45) is 4.65. The summed E-state index contributed by atoms with van der Waals surface area (Å²) in [5.41, 5.74) is 1.63. The third-order valence-corrected chi connectivity index (χ3v) is 5.38. The van der Waals surface area contributed by atoms with E-state index in [9.17, 15) is 9.59 Å². The van der Waals surface area contributed by atoms with Crippen LogP contribution in [0.15, 0.2) is 41.8 Å². The van der Waals surface area contributed by atoms with Crippen LogP contribution in [0, 0.1) is 5.92 Å². The monoisotopic (exact) mass is 372 g/mol. The molecule has 1 aromatic heterocycles. The van der Waals surface area contributed by atoms with Gasteiger partial charge in [-0.15, -0.1) is 11.3 Å². The zero-order chi connectivity index (χ0) is 18.8. The van der Waals surface area contributed by atoms with Crippen molar-refractivity contribution in [1.29, 1.82) is 0 Å². The van der Waals surface area contributed by atoms with Gasteiger partial charge in [-0.1, -0.05) is 51.3 Å². The van der Waals surface area contributed by atoms with E-state index in [1.165, 1.54) is 24.2 Å². The quantitative estimate of drug-likeness (QED) is 0.639. The molecule has 0 saturated carbocycles. The van der Waals surface area contributed by atoms with Crippen molar-refractivity contribution in [2.75, 3.05) is 6.54 Å². The number of rotatable bonds is 10. The lowest BCUT2D eigenvalue weighted by molar-refractivity contribution is 0.0940. The van der Waals surface area contributed by atoms with E-state index in [-0.39, 0.29) is 11.8 Å². The molecule has 0 fully saturated rings. The van der Waals surface area contributed by atoms with Crippen LogP contribution < -0.4 is 10.6 Å². The van der Waals surface area contributed by atoms with Crippen molar-refractivity contribution < 1.29 is 9.59 Å². The molecule has 1 heterocycles. The molecule has 0 saturated heterocycles. The van der Waals surface area contributed by atoms with Gasteiger partial charge in [0.15, 0.2) is 0 Å². The van der Waals surface area contributed by atoms with Crippen LogP contribution in [-0.4, -0.2) is 18.4 Å². The predicted octanol–water partition coefficient (Wildman–Crippen LogP) is 4.62. The predicted molar refractivity (Wildman–Crippen MR) is 108 cm³/mol. The fourth-order valence-corrected chi connectivity index (χ4v) is 3.37. The van der Waals surface area contributed by atoms with Gasteiger partial charge >= 0.3 is 0 Å². The van der Waals surface area contributed by atoms with E-state index in [1.54, 1.807) is 6.07 Å². The van der Waals surface area contributed by atoms with Crippen molar-refractivity contribution in [1.82, 2.24) is 10.6 Å². The number of thiophene rings is 1. The van der Waals surface area contributed by atoms with Crippen molar-refractivity contribution >= 4 is 23.2 Å². The van der Waals surface area contributed by atoms with Crippen molar-refractivity contribution in [2.24, 2.45) is 5.92 Å². The minimum atomic E-state index is -0.0699. The SMILES string of the molecule is CCCCC(CC)CNC(=O)c1ccc(CNC(=O)c2cccs2)cc1. The molecule has 0 aliphatic carbocycles. The van der Waals surface area contributed by atoms with Crippen LogP contribution in [0.4, 0.5) is 0 Å². The second-order valence-corrected chi connectivity index (χ2v) is 7.43. The molecule has 0 aliphatic heterocycles. The average Bonchev–Trinajstić information content (AvgIpc) is 3.21. The van der Waals surface area contributed by atoms with E-state index in [4.69, 9.17) is 0 Å². The van der Waals surface area contributed by atoms with Crippen molar-refractivity contribution in [3.05, 3.63) is 57.8 Å². The molecule has 2 amide bonds. The molecule has 0 aliphatic rings. The van der Waals surface area contributed by atoms with Crippen LogP contribution in [-0.2, 0) is 6.54 Å². The number of unbranched alkanes of at least 4 members (excludes halogenated alkanes) is 1. The lowest BCUT2D eigenvalue weighted by atomic mass is 9.99. The lowest BCUT2D eigenvalue weighted by Gasteiger charge is -2.15. The summed E-state index contributed by atoms with van der Waals surface area (Å²) in [5, 5.41) is 7.81. The number of nitrogens with one attached hydrogen (secondary N) is 2. The first-order valence-corrected chi connectivity index (χ1v) is 10.2. The zero-order valence-corrected chi connectivity index (χ0v) is 16.4. The maximum atomic E-state index is 12.3. The van der Waals surface area contributed by atoms with Gasteiger partial charge in [0, 0.05) is 18.7 Å². The Hall–Kier alpha value is -2.14. The summed E-state index contributed by atoms with van der Waals surface area (Å²) < 4.78 is 0. The Kier molecular flexibility index (Phi) is 8.35. The highest BCUT2D eigenvalue weighted by molar-refractivity contribution is 7.12. The maximum Gasteiger partial charge on any atom is 0.261 e. The van der Waals surface area contributed by atoms with Gasteiger partial charge in [-0.25, -0.2) is 0 Å². The molecular formula is C21H28N2O2S. The first kappa shape index (κ1) is 20.2. The van der Waals surface area contributed by atoms with Gasteiger partial charge in [0.05, 0.1) is 4.88 Å². The fourth-order valence-electron chi connectivity index (χ4n) is 2.73. The van der Waals surface area contributed by atoms with E-state index in [2.05, 4.69) is 24.5 Å². The normalized spacial score (nSPS) is 11.8. The summed E-state index contributed by atoms with van der Waals surface area (Å²) in [7, 11) is 0. The third-order valence-electron chi connectivity index (χ3n) is 4.51. The summed E-state index contributed by atoms with van der Waals surface area (Å²) in [5.74, 6) is 0.444. The van der Waals surface area contributed by atoms with Gasteiger partial charge in [-0.3, -0.25) is 9.59 Å². The standard InChI is InChI=1S/C21H28N2O2S/c1-3-5-7-16(4-2)14-22-20(24)18-11-9-17(10-12-18)15-23-21(25)19-8-6-13-26-19/h6,8-13,16H,3-5,7,14-15H2,1-2H3,(H,22,24)(H,23,25). The smallest absolute Gasteiger partial charge is 0.261 e. The Morgan fingerprint density at radius 3 is 2.42 bits per heavy atom. The summed E-state index contributed by atoms with van der Waals surface area (Å²) in [6, 6.07) is 11.1. The molecule has 2 N–H and O–H groups in total. The molecule has 4 nitrogen and oxygen atoms in total. The second kappa shape index (κ2) is 10.8. The zero-order valence-electron chi connectivity index (χ0n) is 15.6. The Balaban J connectivity index is 1.80. The largest absolute Gasteiger partial charge is 0.352 e. The van der Waals surface area contributed by atoms with Crippen LogP contribution in [0.2, 0.25) is 0 Å². The summed E-state index contributed by atoms with van der Waals surface area (Å²) in [6.45, 7) is 5.54. The van der Waals surface area contributed by atoms with E-state index in [0.717, 1.165) is 24.9 Å². The molecule has 1 unspecified atom stereocenters. The van der Waals surface area contributed by atoms with Gasteiger partial charge < -0.3 is 10.6 Å². The van der Waals surface area contributed by atoms with Gasteiger partial charge in [-0.05, 0) is 41.5 Å². The Bertz CT molecular complexity index is 681. The molecule has 2 aromatic rings. The molecule has 0 radical (unpaired) electrons. The first-order valence-electron chi connectivity index (χ1n) is 9.32. The molecule has 0 bridgehead atoms. The number of carbonyl (C=O) groups excluding carboxylic acids is 2. The third kappa shape index (κ3) is 6.30. The van der Waals surface area contributed by atoms with Crippen LogP contribution in [0.5, 0.6) is 0 Å². The van der Waals surface area contributed by atoms with Crippen molar-refractivity contribution in [3.63, 3.8) is 0 Å². The highest BCUT2D eigenvalue weighted by Crippen LogP contribution is 2.12. The van der Waals surface area contributed by atoms with E-state index in [0.29, 0.717) is 22.9 Å². The maximum absolute atomic E-state index is 12.3. The van der Waals surface area contributed by atoms with E-state index in [1.807, 2.05) is 35.7 Å². The second-order valence-electron chi connectivity index (χ2n) is 6.48. The summed E-state index contributed by atoms with van der Waals surface area (Å²) >= 11 is 1.42. The van der Waals surface area contributed by atoms with Crippen molar-refractivity contribution in [2.45, 2.75) is 46.1 Å². The first-order chi connectivity index (χ1) is 12.6. The van der Waals surface area contributed by atoms with Crippen LogP contribution in [0.1, 0.15) is 65.1 Å². The Labute approximate surface area is 160 Å². The molecular weight excluding hydrogens is 344 g/mol. The van der Waals surface area contributed by atoms with E-state index < -0.39 is 0 Å². The number of benzene rings is 1. The van der Waals surface area contributed by atoms with Gasteiger partial charge in [-0.2, -0.15) is 0 Å². The average molecular weight is 373 g/mol. The minimum Gasteiger partial charge on any atom is -0.352 e. The molecule has 2 rings (SSSR count). The Morgan fingerprint density at radius 1 is 1.04 bits per heavy atom. The van der Waals surface area contributed by atoms with Crippen LogP contribution in [0.25, 0.3) is 0 Å². The molecule has 140 valence electrons. The number of hydrogen-bond donors (Lipinski definition) is 2. The molecule has 26 heavy (non-hydrogen) atoms. The number of hydrogen-bond acceptors (Lipinski definition) is 3. The highest BCUT2D eigenvalue weighted by atomic mass is 32.1. The van der Waals surface area contributed by atoms with Crippen LogP contribution in [0.3, 0.4) is 0 Å². The Morgan fingerprint density at radius 2 is 1.81 bits per heavy atom. The van der Waals surface area contributed by atoms with Gasteiger partial charge in [0.2, 0.25) is 0 Å². The van der Waals surface area contributed by atoms with Crippen LogP contribution >= 0.6 is 11.3 Å². The summed E-state index contributed by atoms with van der Waals surface area (Å²) in [4.78, 5) is 24.9.